The molecule has 2 rings (SSSR count). The summed E-state index contributed by atoms with van der Waals surface area (Å²) in [6.07, 6.45) is 3.44. The summed E-state index contributed by atoms with van der Waals surface area (Å²) in [5.41, 5.74) is 12.9. The van der Waals surface area contributed by atoms with Crippen molar-refractivity contribution in [2.24, 2.45) is 0 Å². The van der Waals surface area contributed by atoms with E-state index in [4.69, 9.17) is 11.5 Å². The van der Waals surface area contributed by atoms with Gasteiger partial charge in [0.2, 0.25) is 0 Å². The quantitative estimate of drug-likeness (QED) is 0.592. The number of hydrogen-bond acceptors (Lipinski definition) is 4. The van der Waals surface area contributed by atoms with E-state index < -0.39 is 0 Å². The van der Waals surface area contributed by atoms with Crippen molar-refractivity contribution in [3.05, 3.63) is 24.5 Å². The van der Waals surface area contributed by atoms with Gasteiger partial charge >= 0.3 is 0 Å². The molecule has 66 valence electrons. The van der Waals surface area contributed by atoms with Gasteiger partial charge in [0.05, 0.1) is 6.20 Å². The van der Waals surface area contributed by atoms with Crippen molar-refractivity contribution in [1.82, 2.24) is 15.2 Å². The minimum Gasteiger partial charge on any atom is -0.384 e. The standard InChI is InChI=1S/C8H9N5/c9-7-2-1-6(8(10)13-7)5-3-11-12-4-5/h1-4H,(H,11,12)(H4,9,10,13). The van der Waals surface area contributed by atoms with Gasteiger partial charge in [0.15, 0.2) is 0 Å². The molecular weight excluding hydrogens is 166 g/mol. The molecule has 0 spiro atoms. The average molecular weight is 175 g/mol. The fourth-order valence-electron chi connectivity index (χ4n) is 1.13. The fourth-order valence-corrected chi connectivity index (χ4v) is 1.13. The maximum Gasteiger partial charge on any atom is 0.133 e. The van der Waals surface area contributed by atoms with Gasteiger partial charge < -0.3 is 11.5 Å². The van der Waals surface area contributed by atoms with E-state index in [1.807, 2.05) is 6.07 Å². The molecule has 0 amide bonds. The molecule has 0 saturated carbocycles. The molecule has 2 aromatic rings. The monoisotopic (exact) mass is 175 g/mol. The van der Waals surface area contributed by atoms with Crippen LogP contribution in [0.15, 0.2) is 24.5 Å². The number of H-pyrrole nitrogens is 1. The molecule has 0 bridgehead atoms. The van der Waals surface area contributed by atoms with Gasteiger partial charge in [-0.25, -0.2) is 4.98 Å². The maximum atomic E-state index is 5.68. The van der Waals surface area contributed by atoms with Crippen molar-refractivity contribution in [2.75, 3.05) is 11.5 Å². The van der Waals surface area contributed by atoms with Crippen LogP contribution in [-0.2, 0) is 0 Å². The van der Waals surface area contributed by atoms with Gasteiger partial charge in [0.25, 0.3) is 0 Å². The van der Waals surface area contributed by atoms with E-state index in [1.54, 1.807) is 18.5 Å². The highest BCUT2D eigenvalue weighted by Gasteiger charge is 2.04. The third-order valence-electron chi connectivity index (χ3n) is 1.76. The molecule has 0 aromatic carbocycles. The lowest BCUT2D eigenvalue weighted by atomic mass is 10.1. The zero-order valence-electron chi connectivity index (χ0n) is 6.86. The fraction of sp³-hybridized carbons (Fsp3) is 0. The Morgan fingerprint density at radius 2 is 2.08 bits per heavy atom. The first-order valence-corrected chi connectivity index (χ1v) is 3.78. The summed E-state index contributed by atoms with van der Waals surface area (Å²) in [4.78, 5) is 3.94. The lowest BCUT2D eigenvalue weighted by Gasteiger charge is -2.01. The number of nitrogens with zero attached hydrogens (tertiary/aromatic N) is 2. The number of nitrogen functional groups attached to an aromatic ring is 2. The maximum absolute atomic E-state index is 5.68. The van der Waals surface area contributed by atoms with Crippen LogP contribution >= 0.6 is 0 Å². The summed E-state index contributed by atoms with van der Waals surface area (Å²) in [6.45, 7) is 0. The van der Waals surface area contributed by atoms with Crippen LogP contribution in [0.3, 0.4) is 0 Å². The van der Waals surface area contributed by atoms with Crippen LogP contribution in [0.25, 0.3) is 11.1 Å². The van der Waals surface area contributed by atoms with E-state index in [9.17, 15) is 0 Å². The number of rotatable bonds is 1. The van der Waals surface area contributed by atoms with Crippen LogP contribution in [0.5, 0.6) is 0 Å². The minimum atomic E-state index is 0.418. The second-order valence-corrected chi connectivity index (χ2v) is 2.66. The van der Waals surface area contributed by atoms with Gasteiger partial charge in [-0.15, -0.1) is 0 Å². The Morgan fingerprint density at radius 3 is 2.69 bits per heavy atom. The molecule has 0 aliphatic heterocycles. The predicted molar refractivity (Wildman–Crippen MR) is 50.6 cm³/mol. The second kappa shape index (κ2) is 2.78. The molecule has 5 heteroatoms. The predicted octanol–water partition coefficient (Wildman–Crippen LogP) is 0.636. The lowest BCUT2D eigenvalue weighted by Crippen LogP contribution is -1.97. The van der Waals surface area contributed by atoms with E-state index in [0.717, 1.165) is 11.1 Å². The summed E-state index contributed by atoms with van der Waals surface area (Å²) in [6, 6.07) is 3.53. The third-order valence-corrected chi connectivity index (χ3v) is 1.76. The Balaban J connectivity index is 2.53. The Bertz CT molecular complexity index is 406. The highest BCUT2D eigenvalue weighted by molar-refractivity contribution is 5.73. The van der Waals surface area contributed by atoms with E-state index >= 15 is 0 Å². The van der Waals surface area contributed by atoms with Crippen LogP contribution in [-0.4, -0.2) is 15.2 Å². The van der Waals surface area contributed by atoms with Crippen molar-refractivity contribution in [2.45, 2.75) is 0 Å². The van der Waals surface area contributed by atoms with Crippen LogP contribution < -0.4 is 11.5 Å². The van der Waals surface area contributed by atoms with E-state index in [1.165, 1.54) is 0 Å². The number of aromatic amines is 1. The summed E-state index contributed by atoms with van der Waals surface area (Å²) in [7, 11) is 0. The number of nitrogens with one attached hydrogen (secondary N) is 1. The molecule has 0 fully saturated rings. The zero-order valence-corrected chi connectivity index (χ0v) is 6.86. The summed E-state index contributed by atoms with van der Waals surface area (Å²) >= 11 is 0. The van der Waals surface area contributed by atoms with Gasteiger partial charge in [0.1, 0.15) is 11.6 Å². The Hall–Kier alpha value is -2.04. The smallest absolute Gasteiger partial charge is 0.133 e. The Labute approximate surface area is 74.8 Å². The van der Waals surface area contributed by atoms with Crippen LogP contribution in [0.1, 0.15) is 0 Å². The summed E-state index contributed by atoms with van der Waals surface area (Å²) in [5, 5.41) is 6.53. The van der Waals surface area contributed by atoms with Crippen molar-refractivity contribution >= 4 is 11.6 Å². The molecule has 0 saturated heterocycles. The van der Waals surface area contributed by atoms with E-state index in [2.05, 4.69) is 15.2 Å². The summed E-state index contributed by atoms with van der Waals surface area (Å²) in [5.74, 6) is 0.839. The molecular formula is C8H9N5. The molecule has 13 heavy (non-hydrogen) atoms. The van der Waals surface area contributed by atoms with Crippen LogP contribution in [0.2, 0.25) is 0 Å². The Kier molecular flexibility index (Phi) is 1.63. The van der Waals surface area contributed by atoms with Gasteiger partial charge in [-0.1, -0.05) is 0 Å². The first kappa shape index (κ1) is 7.60. The number of anilines is 2. The van der Waals surface area contributed by atoms with E-state index in [0.29, 0.717) is 11.6 Å². The first-order valence-electron chi connectivity index (χ1n) is 3.78. The highest BCUT2D eigenvalue weighted by Crippen LogP contribution is 2.23. The average Bonchev–Trinajstić information content (AvgIpc) is 2.56. The molecule has 5 nitrogen and oxygen atoms in total. The molecule has 0 aliphatic carbocycles. The molecule has 2 aromatic heterocycles. The topological polar surface area (TPSA) is 93.6 Å². The number of nitrogens with two attached hydrogens (primary N) is 2. The largest absolute Gasteiger partial charge is 0.384 e. The number of pyridine rings is 1. The second-order valence-electron chi connectivity index (χ2n) is 2.66. The molecule has 2 heterocycles. The minimum absolute atomic E-state index is 0.418. The van der Waals surface area contributed by atoms with Crippen LogP contribution in [0, 0.1) is 0 Å². The third kappa shape index (κ3) is 1.31. The van der Waals surface area contributed by atoms with Crippen molar-refractivity contribution in [1.29, 1.82) is 0 Å². The highest BCUT2D eigenvalue weighted by atomic mass is 15.1. The zero-order chi connectivity index (χ0) is 9.26. The summed E-state index contributed by atoms with van der Waals surface area (Å²) < 4.78 is 0. The lowest BCUT2D eigenvalue weighted by molar-refractivity contribution is 1.09. The SMILES string of the molecule is Nc1ccc(-c2cn[nH]c2)c(N)n1. The van der Waals surface area contributed by atoms with Crippen LogP contribution in [0.4, 0.5) is 11.6 Å². The van der Waals surface area contributed by atoms with Gasteiger partial charge in [-0.2, -0.15) is 5.10 Å². The van der Waals surface area contributed by atoms with Gasteiger partial charge in [0, 0.05) is 17.3 Å². The van der Waals surface area contributed by atoms with E-state index in [-0.39, 0.29) is 0 Å². The molecule has 0 aliphatic rings. The van der Waals surface area contributed by atoms with Gasteiger partial charge in [-0.3, -0.25) is 5.10 Å². The molecule has 0 atom stereocenters. The number of hydrogen-bond donors (Lipinski definition) is 3. The molecule has 0 radical (unpaired) electrons. The Morgan fingerprint density at radius 1 is 1.23 bits per heavy atom. The van der Waals surface area contributed by atoms with Crippen molar-refractivity contribution in [3.8, 4) is 11.1 Å². The number of aromatic nitrogens is 3. The van der Waals surface area contributed by atoms with Gasteiger partial charge in [-0.05, 0) is 12.1 Å². The van der Waals surface area contributed by atoms with Crippen molar-refractivity contribution < 1.29 is 0 Å². The normalized spacial score (nSPS) is 10.2. The molecule has 5 N–H and O–H groups in total. The molecule has 0 unspecified atom stereocenters. The first-order chi connectivity index (χ1) is 6.27. The van der Waals surface area contributed by atoms with Crippen molar-refractivity contribution in [3.63, 3.8) is 0 Å².